The van der Waals surface area contributed by atoms with Crippen LogP contribution in [0.5, 0.6) is 0 Å². The predicted molar refractivity (Wildman–Crippen MR) is 97.8 cm³/mol. The molecule has 2 aromatic rings. The molecule has 0 radical (unpaired) electrons. The minimum absolute atomic E-state index is 0.137. The molecule has 118 valence electrons. The summed E-state index contributed by atoms with van der Waals surface area (Å²) in [7, 11) is 0. The van der Waals surface area contributed by atoms with Crippen molar-refractivity contribution in [3.8, 4) is 0 Å². The van der Waals surface area contributed by atoms with Crippen LogP contribution in [0.25, 0.3) is 0 Å². The summed E-state index contributed by atoms with van der Waals surface area (Å²) in [6.07, 6.45) is 1.18. The van der Waals surface area contributed by atoms with Gasteiger partial charge in [0.1, 0.15) is 0 Å². The molecule has 0 aromatic heterocycles. The van der Waals surface area contributed by atoms with Gasteiger partial charge in [0.05, 0.1) is 0 Å². The Bertz CT molecular complexity index is 646. The van der Waals surface area contributed by atoms with Crippen molar-refractivity contribution < 1.29 is 0 Å². The third-order valence-electron chi connectivity index (χ3n) is 4.98. The lowest BCUT2D eigenvalue weighted by Crippen LogP contribution is -2.23. The van der Waals surface area contributed by atoms with Crippen molar-refractivity contribution >= 4 is 0 Å². The summed E-state index contributed by atoms with van der Waals surface area (Å²) < 4.78 is 0. The minimum Gasteiger partial charge on any atom is -0.0683 e. The lowest BCUT2D eigenvalue weighted by Gasteiger charge is -2.28. The molecular formula is C22H30. The van der Waals surface area contributed by atoms with Crippen LogP contribution in [0.3, 0.4) is 0 Å². The van der Waals surface area contributed by atoms with E-state index < -0.39 is 0 Å². The molecule has 0 amide bonds. The standard InChI is InChI=1S/C20H24.C2H6/c1-14-6-9-16(10-7-14)20(5)13-19(3,4)17-11-8-15(2)12-18(17)20;1-2/h6-12H,13H2,1-5H3;1-2H3. The Labute approximate surface area is 136 Å². The Morgan fingerprint density at radius 3 is 1.86 bits per heavy atom. The quantitative estimate of drug-likeness (QED) is 0.577. The molecule has 0 aliphatic heterocycles. The fourth-order valence-electron chi connectivity index (χ4n) is 3.96. The van der Waals surface area contributed by atoms with E-state index in [2.05, 4.69) is 77.1 Å². The molecule has 1 aliphatic carbocycles. The average Bonchev–Trinajstić information content (AvgIpc) is 2.69. The Balaban J connectivity index is 0.000000847. The molecule has 0 saturated heterocycles. The Kier molecular flexibility index (Phi) is 4.52. The molecule has 22 heavy (non-hydrogen) atoms. The summed E-state index contributed by atoms with van der Waals surface area (Å²) in [5.74, 6) is 0. The second kappa shape index (κ2) is 5.91. The third kappa shape index (κ3) is 2.72. The van der Waals surface area contributed by atoms with Gasteiger partial charge < -0.3 is 0 Å². The van der Waals surface area contributed by atoms with Crippen molar-refractivity contribution in [3.63, 3.8) is 0 Å². The number of rotatable bonds is 1. The molecule has 1 atom stereocenters. The normalized spacial score (nSPS) is 21.8. The molecule has 0 saturated carbocycles. The molecule has 0 nitrogen and oxygen atoms in total. The van der Waals surface area contributed by atoms with Crippen LogP contribution in [0.4, 0.5) is 0 Å². The lowest BCUT2D eigenvalue weighted by atomic mass is 9.75. The fraction of sp³-hybridized carbons (Fsp3) is 0.455. The maximum absolute atomic E-state index is 2.41. The summed E-state index contributed by atoms with van der Waals surface area (Å²) in [5.41, 5.74) is 7.57. The fourth-order valence-corrected chi connectivity index (χ4v) is 3.96. The highest BCUT2D eigenvalue weighted by Crippen LogP contribution is 2.52. The van der Waals surface area contributed by atoms with Crippen LogP contribution in [0.2, 0.25) is 0 Å². The van der Waals surface area contributed by atoms with Gasteiger partial charge in [-0.25, -0.2) is 0 Å². The zero-order valence-electron chi connectivity index (χ0n) is 15.2. The number of hydrogen-bond acceptors (Lipinski definition) is 0. The minimum atomic E-state index is 0.137. The van der Waals surface area contributed by atoms with E-state index in [9.17, 15) is 0 Å². The summed E-state index contributed by atoms with van der Waals surface area (Å²) in [6, 6.07) is 16.1. The molecule has 3 rings (SSSR count). The zero-order valence-corrected chi connectivity index (χ0v) is 15.2. The number of aryl methyl sites for hydroxylation is 2. The van der Waals surface area contributed by atoms with Crippen LogP contribution < -0.4 is 0 Å². The van der Waals surface area contributed by atoms with Gasteiger partial charge in [-0.3, -0.25) is 0 Å². The van der Waals surface area contributed by atoms with Crippen molar-refractivity contribution in [2.75, 3.05) is 0 Å². The van der Waals surface area contributed by atoms with Gasteiger partial charge in [-0.05, 0) is 42.4 Å². The molecule has 2 aromatic carbocycles. The number of benzene rings is 2. The number of hydrogen-bond donors (Lipinski definition) is 0. The van der Waals surface area contributed by atoms with Crippen LogP contribution >= 0.6 is 0 Å². The van der Waals surface area contributed by atoms with E-state index in [1.807, 2.05) is 13.8 Å². The van der Waals surface area contributed by atoms with E-state index in [1.54, 1.807) is 0 Å². The molecule has 0 fully saturated rings. The van der Waals surface area contributed by atoms with Crippen molar-refractivity contribution in [3.05, 3.63) is 70.3 Å². The van der Waals surface area contributed by atoms with Gasteiger partial charge in [0.25, 0.3) is 0 Å². The average molecular weight is 294 g/mol. The molecule has 0 bridgehead atoms. The SMILES string of the molecule is CC.Cc1ccc(C2(C)CC(C)(C)c3ccc(C)cc32)cc1. The first-order valence-corrected chi connectivity index (χ1v) is 8.52. The van der Waals surface area contributed by atoms with Gasteiger partial charge in [0, 0.05) is 5.41 Å². The first-order valence-electron chi connectivity index (χ1n) is 8.52. The largest absolute Gasteiger partial charge is 0.0683 e. The van der Waals surface area contributed by atoms with Crippen molar-refractivity contribution in [2.24, 2.45) is 0 Å². The Morgan fingerprint density at radius 2 is 1.27 bits per heavy atom. The van der Waals surface area contributed by atoms with Gasteiger partial charge in [0.2, 0.25) is 0 Å². The van der Waals surface area contributed by atoms with Crippen LogP contribution in [-0.2, 0) is 10.8 Å². The third-order valence-corrected chi connectivity index (χ3v) is 4.98. The molecular weight excluding hydrogens is 264 g/mol. The summed E-state index contributed by atoms with van der Waals surface area (Å²) in [6.45, 7) is 15.5. The van der Waals surface area contributed by atoms with E-state index >= 15 is 0 Å². The highest BCUT2D eigenvalue weighted by molar-refractivity contribution is 5.52. The van der Waals surface area contributed by atoms with E-state index in [0.717, 1.165) is 0 Å². The topological polar surface area (TPSA) is 0 Å². The van der Waals surface area contributed by atoms with Crippen molar-refractivity contribution in [2.45, 2.75) is 65.7 Å². The van der Waals surface area contributed by atoms with Gasteiger partial charge in [-0.1, -0.05) is 88.2 Å². The molecule has 0 spiro atoms. The van der Waals surface area contributed by atoms with Crippen LogP contribution in [0, 0.1) is 13.8 Å². The molecule has 1 unspecified atom stereocenters. The second-order valence-corrected chi connectivity index (χ2v) is 7.31. The van der Waals surface area contributed by atoms with Crippen molar-refractivity contribution in [1.29, 1.82) is 0 Å². The molecule has 1 aliphatic rings. The predicted octanol–water partition coefficient (Wildman–Crippen LogP) is 6.32. The second-order valence-electron chi connectivity index (χ2n) is 7.31. The summed E-state index contributed by atoms with van der Waals surface area (Å²) in [5, 5.41) is 0. The first kappa shape index (κ1) is 16.8. The van der Waals surface area contributed by atoms with Crippen LogP contribution in [0.1, 0.15) is 68.9 Å². The van der Waals surface area contributed by atoms with Gasteiger partial charge >= 0.3 is 0 Å². The van der Waals surface area contributed by atoms with E-state index in [-0.39, 0.29) is 10.8 Å². The Hall–Kier alpha value is -1.56. The van der Waals surface area contributed by atoms with Crippen LogP contribution in [-0.4, -0.2) is 0 Å². The van der Waals surface area contributed by atoms with Gasteiger partial charge in [0.15, 0.2) is 0 Å². The molecule has 0 heterocycles. The van der Waals surface area contributed by atoms with Crippen molar-refractivity contribution in [1.82, 2.24) is 0 Å². The van der Waals surface area contributed by atoms with Gasteiger partial charge in [-0.2, -0.15) is 0 Å². The maximum atomic E-state index is 2.41. The lowest BCUT2D eigenvalue weighted by molar-refractivity contribution is 0.425. The number of fused-ring (bicyclic) bond motifs is 1. The molecule has 0 heteroatoms. The highest BCUT2D eigenvalue weighted by atomic mass is 14.5. The zero-order chi connectivity index (χ0) is 16.5. The van der Waals surface area contributed by atoms with Crippen LogP contribution in [0.15, 0.2) is 42.5 Å². The summed E-state index contributed by atoms with van der Waals surface area (Å²) >= 11 is 0. The molecule has 0 N–H and O–H groups in total. The Morgan fingerprint density at radius 1 is 0.727 bits per heavy atom. The maximum Gasteiger partial charge on any atom is 0.0186 e. The summed E-state index contributed by atoms with van der Waals surface area (Å²) in [4.78, 5) is 0. The van der Waals surface area contributed by atoms with E-state index in [1.165, 1.54) is 34.2 Å². The monoisotopic (exact) mass is 294 g/mol. The highest BCUT2D eigenvalue weighted by Gasteiger charge is 2.45. The van der Waals surface area contributed by atoms with E-state index in [0.29, 0.717) is 0 Å². The smallest absolute Gasteiger partial charge is 0.0186 e. The first-order chi connectivity index (χ1) is 10.3. The van der Waals surface area contributed by atoms with Gasteiger partial charge in [-0.15, -0.1) is 0 Å². The van der Waals surface area contributed by atoms with E-state index in [4.69, 9.17) is 0 Å².